The average molecular weight is 502 g/mol. The molecule has 2 fully saturated rings. The van der Waals surface area contributed by atoms with Crippen molar-refractivity contribution in [3.63, 3.8) is 0 Å². The van der Waals surface area contributed by atoms with E-state index in [1.165, 1.54) is 18.2 Å². The number of pyridine rings is 1. The third kappa shape index (κ3) is 4.38. The summed E-state index contributed by atoms with van der Waals surface area (Å²) >= 11 is 0. The minimum Gasteiger partial charge on any atom is -0.497 e. The van der Waals surface area contributed by atoms with Crippen molar-refractivity contribution in [3.8, 4) is 5.75 Å². The van der Waals surface area contributed by atoms with Crippen LogP contribution in [0.5, 0.6) is 5.75 Å². The second kappa shape index (κ2) is 9.11. The molecule has 1 saturated carbocycles. The molecule has 2 N–H and O–H groups in total. The Morgan fingerprint density at radius 2 is 1.94 bits per heavy atom. The van der Waals surface area contributed by atoms with Crippen LogP contribution in [0.2, 0.25) is 0 Å². The third-order valence-electron chi connectivity index (χ3n) is 7.23. The quantitative estimate of drug-likeness (QED) is 0.551. The van der Waals surface area contributed by atoms with Crippen LogP contribution < -0.4 is 10.1 Å². The molecule has 0 bridgehead atoms. The van der Waals surface area contributed by atoms with Gasteiger partial charge in [0.25, 0.3) is 0 Å². The number of hydrogen-bond donors (Lipinski definition) is 2. The van der Waals surface area contributed by atoms with E-state index in [1.807, 2.05) is 0 Å². The Hall–Kier alpha value is -3.63. The molecule has 190 valence electrons. The number of hydrogen-bond acceptors (Lipinski definition) is 5. The maximum Gasteiger partial charge on any atom is 0.248 e. The SMILES string of the molecule is COc1cccc(C2(C(=O)N3C[C@H](F)C[C@@H]3C(=O)Nc3ccc4[nH]ncc4n3)CCC(F)(F)CC2)c1. The Balaban J connectivity index is 1.45. The molecule has 1 aliphatic heterocycles. The highest BCUT2D eigenvalue weighted by molar-refractivity contribution is 5.99. The first-order valence-corrected chi connectivity index (χ1v) is 11.8. The number of likely N-dealkylation sites (tertiary alicyclic amines) is 1. The Morgan fingerprint density at radius 3 is 2.69 bits per heavy atom. The number of aromatic amines is 1. The van der Waals surface area contributed by atoms with E-state index in [1.54, 1.807) is 36.4 Å². The van der Waals surface area contributed by atoms with Crippen molar-refractivity contribution < 1.29 is 27.5 Å². The van der Waals surface area contributed by atoms with Gasteiger partial charge < -0.3 is 15.0 Å². The summed E-state index contributed by atoms with van der Waals surface area (Å²) in [5.74, 6) is -3.27. The zero-order valence-electron chi connectivity index (χ0n) is 19.6. The molecule has 3 aromatic rings. The molecular weight excluding hydrogens is 475 g/mol. The molecule has 1 aromatic carbocycles. The van der Waals surface area contributed by atoms with Crippen molar-refractivity contribution in [2.24, 2.45) is 0 Å². The maximum atomic E-state index is 14.6. The number of fused-ring (bicyclic) bond motifs is 1. The second-order valence-electron chi connectivity index (χ2n) is 9.46. The van der Waals surface area contributed by atoms with Gasteiger partial charge in [-0.3, -0.25) is 14.7 Å². The molecule has 36 heavy (non-hydrogen) atoms. The maximum absolute atomic E-state index is 14.6. The predicted molar refractivity (Wildman–Crippen MR) is 126 cm³/mol. The van der Waals surface area contributed by atoms with Crippen molar-refractivity contribution in [2.45, 2.75) is 55.7 Å². The molecule has 2 amide bonds. The van der Waals surface area contributed by atoms with Gasteiger partial charge in [0.05, 0.1) is 30.8 Å². The van der Waals surface area contributed by atoms with Crippen LogP contribution in [0, 0.1) is 0 Å². The Labute approximate surface area is 205 Å². The number of nitrogens with zero attached hydrogens (tertiary/aromatic N) is 3. The lowest BCUT2D eigenvalue weighted by Crippen LogP contribution is -2.54. The van der Waals surface area contributed by atoms with E-state index in [9.17, 15) is 22.8 Å². The Morgan fingerprint density at radius 1 is 1.17 bits per heavy atom. The Bertz CT molecular complexity index is 1290. The van der Waals surface area contributed by atoms with E-state index in [-0.39, 0.29) is 31.6 Å². The van der Waals surface area contributed by atoms with Crippen molar-refractivity contribution in [1.29, 1.82) is 0 Å². The summed E-state index contributed by atoms with van der Waals surface area (Å²) in [6, 6.07) is 8.93. The first-order chi connectivity index (χ1) is 17.2. The smallest absolute Gasteiger partial charge is 0.248 e. The van der Waals surface area contributed by atoms with E-state index in [4.69, 9.17) is 4.74 Å². The summed E-state index contributed by atoms with van der Waals surface area (Å²) in [6.45, 7) is -0.284. The van der Waals surface area contributed by atoms with Gasteiger partial charge in [0.1, 0.15) is 29.3 Å². The van der Waals surface area contributed by atoms with Gasteiger partial charge in [0, 0.05) is 19.3 Å². The van der Waals surface area contributed by atoms with Crippen LogP contribution in [-0.2, 0) is 15.0 Å². The minimum atomic E-state index is -2.88. The normalized spacial score (nSPS) is 22.9. The molecule has 2 atom stereocenters. The fourth-order valence-electron chi connectivity index (χ4n) is 5.23. The largest absolute Gasteiger partial charge is 0.497 e. The molecule has 5 rings (SSSR count). The summed E-state index contributed by atoms with van der Waals surface area (Å²) in [5, 5.41) is 9.32. The number of amides is 2. The van der Waals surface area contributed by atoms with Crippen molar-refractivity contribution in [1.82, 2.24) is 20.1 Å². The van der Waals surface area contributed by atoms with Crippen LogP contribution in [0.4, 0.5) is 19.0 Å². The molecular formula is C25H26F3N5O3. The number of benzene rings is 1. The number of aromatic nitrogens is 3. The van der Waals surface area contributed by atoms with Crippen LogP contribution in [0.1, 0.15) is 37.7 Å². The van der Waals surface area contributed by atoms with Gasteiger partial charge in [-0.2, -0.15) is 5.10 Å². The number of ether oxygens (including phenoxy) is 1. The average Bonchev–Trinajstić information content (AvgIpc) is 3.50. The molecule has 3 heterocycles. The zero-order chi connectivity index (χ0) is 25.5. The van der Waals surface area contributed by atoms with Crippen LogP contribution in [0.25, 0.3) is 11.0 Å². The number of methoxy groups -OCH3 is 1. The van der Waals surface area contributed by atoms with Crippen LogP contribution >= 0.6 is 0 Å². The standard InChI is InChI=1S/C25H26F3N5O3/c1-36-17-4-2-3-15(11-17)24(7-9-25(27,28)10-8-24)23(35)33-14-16(26)12-20(33)22(34)31-21-6-5-18-19(30-21)13-29-32-18/h2-6,11,13,16,20H,7-10,12,14H2,1H3,(H,29,32)(H,30,31,34)/t16-,20-/m1/s1. The first kappa shape index (κ1) is 24.1. The molecule has 0 unspecified atom stereocenters. The van der Waals surface area contributed by atoms with Crippen molar-refractivity contribution in [2.75, 3.05) is 19.0 Å². The van der Waals surface area contributed by atoms with Gasteiger partial charge in [-0.05, 0) is 42.7 Å². The number of halogens is 3. The van der Waals surface area contributed by atoms with Gasteiger partial charge in [-0.1, -0.05) is 12.1 Å². The van der Waals surface area contributed by atoms with Crippen LogP contribution in [0.15, 0.2) is 42.6 Å². The molecule has 2 aliphatic rings. The van der Waals surface area contributed by atoms with Crippen molar-refractivity contribution >= 4 is 28.7 Å². The molecule has 0 spiro atoms. The third-order valence-corrected chi connectivity index (χ3v) is 7.23. The van der Waals surface area contributed by atoms with E-state index in [0.29, 0.717) is 22.3 Å². The minimum absolute atomic E-state index is 0.119. The Kier molecular flexibility index (Phi) is 6.09. The summed E-state index contributed by atoms with van der Waals surface area (Å²) in [6.07, 6.45) is -1.29. The lowest BCUT2D eigenvalue weighted by Gasteiger charge is -2.42. The summed E-state index contributed by atoms with van der Waals surface area (Å²) in [7, 11) is 1.48. The van der Waals surface area contributed by atoms with Crippen molar-refractivity contribution in [3.05, 3.63) is 48.2 Å². The first-order valence-electron chi connectivity index (χ1n) is 11.8. The lowest BCUT2D eigenvalue weighted by atomic mass is 9.67. The number of carbonyl (C=O) groups is 2. The zero-order valence-corrected chi connectivity index (χ0v) is 19.6. The predicted octanol–water partition coefficient (Wildman–Crippen LogP) is 3.99. The molecule has 8 nitrogen and oxygen atoms in total. The monoisotopic (exact) mass is 501 g/mol. The van der Waals surface area contributed by atoms with E-state index in [2.05, 4.69) is 20.5 Å². The summed E-state index contributed by atoms with van der Waals surface area (Å²) in [5.41, 5.74) is 0.433. The molecule has 11 heteroatoms. The van der Waals surface area contributed by atoms with Gasteiger partial charge in [-0.25, -0.2) is 18.2 Å². The molecule has 1 saturated heterocycles. The number of carbonyl (C=O) groups excluding carboxylic acids is 2. The molecule has 1 aliphatic carbocycles. The van der Waals surface area contributed by atoms with Gasteiger partial charge >= 0.3 is 0 Å². The van der Waals surface area contributed by atoms with Gasteiger partial charge in [0.2, 0.25) is 17.7 Å². The fraction of sp³-hybridized carbons (Fsp3) is 0.440. The topological polar surface area (TPSA) is 100 Å². The van der Waals surface area contributed by atoms with E-state index in [0.717, 1.165) is 0 Å². The fourth-order valence-corrected chi connectivity index (χ4v) is 5.23. The number of H-pyrrole nitrogens is 1. The van der Waals surface area contributed by atoms with E-state index < -0.39 is 48.2 Å². The number of nitrogens with one attached hydrogen (secondary N) is 2. The second-order valence-corrected chi connectivity index (χ2v) is 9.46. The van der Waals surface area contributed by atoms with Crippen LogP contribution in [-0.4, -0.2) is 63.7 Å². The van der Waals surface area contributed by atoms with E-state index >= 15 is 0 Å². The highest BCUT2D eigenvalue weighted by Crippen LogP contribution is 2.48. The van der Waals surface area contributed by atoms with Gasteiger partial charge in [-0.15, -0.1) is 0 Å². The summed E-state index contributed by atoms with van der Waals surface area (Å²) < 4.78 is 48.3. The lowest BCUT2D eigenvalue weighted by molar-refractivity contribution is -0.146. The van der Waals surface area contributed by atoms with Crippen LogP contribution in [0.3, 0.4) is 0 Å². The highest BCUT2D eigenvalue weighted by atomic mass is 19.3. The molecule has 2 aromatic heterocycles. The number of alkyl halides is 3. The molecule has 0 radical (unpaired) electrons. The van der Waals surface area contributed by atoms with Gasteiger partial charge in [0.15, 0.2) is 0 Å². The summed E-state index contributed by atoms with van der Waals surface area (Å²) in [4.78, 5) is 32.8. The number of anilines is 1. The number of rotatable bonds is 5. The highest BCUT2D eigenvalue weighted by Gasteiger charge is 2.53.